The fourth-order valence-electron chi connectivity index (χ4n) is 2.41. The van der Waals surface area contributed by atoms with E-state index in [1.54, 1.807) is 0 Å². The first-order chi connectivity index (χ1) is 13.2. The molecule has 2 aromatic rings. The van der Waals surface area contributed by atoms with E-state index < -0.39 is 81.2 Å². The van der Waals surface area contributed by atoms with Crippen LogP contribution in [0, 0.1) is 0 Å². The van der Waals surface area contributed by atoms with E-state index in [0.29, 0.717) is 24.3 Å². The molecule has 0 atom stereocenters. The van der Waals surface area contributed by atoms with Crippen molar-refractivity contribution in [2.45, 2.75) is 19.6 Å². The molecule has 166 valence electrons. The zero-order valence-electron chi connectivity index (χ0n) is 15.7. The van der Waals surface area contributed by atoms with Crippen molar-refractivity contribution < 1.29 is 111 Å². The van der Waals surface area contributed by atoms with Crippen LogP contribution >= 0.6 is 23.2 Å². The first-order valence-electron chi connectivity index (χ1n) is 6.79. The van der Waals surface area contributed by atoms with E-state index in [4.69, 9.17) is 23.2 Å². The molecule has 0 saturated carbocycles. The summed E-state index contributed by atoms with van der Waals surface area (Å²) in [4.78, 5) is -6.30. The summed E-state index contributed by atoms with van der Waals surface area (Å²) < 4.78 is 136. The average Bonchev–Trinajstić information content (AvgIpc) is 2.50. The Morgan fingerprint density at radius 1 is 0.562 bits per heavy atom. The van der Waals surface area contributed by atoms with Gasteiger partial charge < -0.3 is 9.11 Å². The molecule has 0 saturated heterocycles. The molecule has 0 aliphatic rings. The third-order valence-corrected chi connectivity index (χ3v) is 7.32. The first-order valence-corrected chi connectivity index (χ1v) is 13.2. The Hall–Kier alpha value is 0.660. The van der Waals surface area contributed by atoms with Gasteiger partial charge in [0, 0.05) is 21.2 Å². The van der Waals surface area contributed by atoms with Gasteiger partial charge in [-0.25, -0.2) is 16.8 Å². The second kappa shape index (κ2) is 10.7. The minimum Gasteiger partial charge on any atom is -0.744 e. The monoisotopic (exact) mass is 586 g/mol. The molecule has 0 bridgehead atoms. The summed E-state index contributed by atoms with van der Waals surface area (Å²) in [5.41, 5.74) is -3.06. The molecule has 2 rings (SSSR count). The van der Waals surface area contributed by atoms with Crippen LogP contribution < -0.4 is 59.1 Å². The topological polar surface area (TPSA) is 223 Å². The molecule has 0 heterocycles. The third kappa shape index (κ3) is 7.33. The van der Waals surface area contributed by atoms with Gasteiger partial charge >= 0.3 is 59.1 Å². The van der Waals surface area contributed by atoms with Crippen LogP contribution in [-0.4, -0.2) is 51.9 Å². The molecule has 2 aromatic carbocycles. The van der Waals surface area contributed by atoms with E-state index in [1.165, 1.54) is 0 Å². The Kier molecular flexibility index (Phi) is 11.0. The predicted molar refractivity (Wildman–Crippen MR) is 97.5 cm³/mol. The fraction of sp³-hybridized carbons (Fsp3) is 0. The zero-order chi connectivity index (χ0) is 23.4. The van der Waals surface area contributed by atoms with Crippen molar-refractivity contribution in [2.24, 2.45) is 0 Å². The number of hydrogen-bond donors (Lipinski definition) is 2. The second-order valence-corrected chi connectivity index (χ2v) is 11.8. The summed E-state index contributed by atoms with van der Waals surface area (Å²) in [5.74, 6) is 0. The summed E-state index contributed by atoms with van der Waals surface area (Å²) in [7, 11) is -22.5. The largest absolute Gasteiger partial charge is 1.00 e. The summed E-state index contributed by atoms with van der Waals surface area (Å²) >= 11 is 11.1. The third-order valence-electron chi connectivity index (χ3n) is 3.41. The number of benzene rings is 2. The molecule has 0 fully saturated rings. The molecule has 0 aliphatic heterocycles. The van der Waals surface area contributed by atoms with Crippen LogP contribution in [0.15, 0.2) is 43.8 Å². The van der Waals surface area contributed by atoms with E-state index in [9.17, 15) is 51.9 Å². The Labute approximate surface area is 236 Å². The van der Waals surface area contributed by atoms with E-state index in [2.05, 4.69) is 0 Å². The molecule has 0 radical (unpaired) electrons. The summed E-state index contributed by atoms with van der Waals surface area (Å²) in [5, 5.41) is -1.51. The Morgan fingerprint density at radius 3 is 0.969 bits per heavy atom. The molecule has 0 amide bonds. The number of hydrogen-bond acceptors (Lipinski definition) is 10. The normalized spacial score (nSPS) is 12.6. The quantitative estimate of drug-likeness (QED) is 0.248. The standard InChI is InChI=1S/C12H8Cl2O12S4.2Na/c13-5-1-7(27(15,16)17)11(8(2-5)28(18,19)20)12-9(29(21,22)23)3-6(14)4-10(12)30(24,25)26;;/h1-4H,(H,15,16,17)(H,18,19,20)(H,21,22,23)(H,24,25,26);;/q;2*+1/p-2. The molecule has 12 nitrogen and oxygen atoms in total. The van der Waals surface area contributed by atoms with E-state index in [1.807, 2.05) is 0 Å². The van der Waals surface area contributed by atoms with Crippen LogP contribution in [0.2, 0.25) is 10.0 Å². The van der Waals surface area contributed by atoms with Gasteiger partial charge in [-0.15, -0.1) is 0 Å². The van der Waals surface area contributed by atoms with Crippen molar-refractivity contribution >= 4 is 63.7 Å². The minimum absolute atomic E-state index is 0. The van der Waals surface area contributed by atoms with Gasteiger partial charge in [-0.1, -0.05) is 23.2 Å². The Balaban J connectivity index is 0.00000480. The molecular formula is C12H6Cl2Na2O12S4. The van der Waals surface area contributed by atoms with Crippen molar-refractivity contribution in [3.05, 3.63) is 34.3 Å². The van der Waals surface area contributed by atoms with E-state index in [0.717, 1.165) is 0 Å². The Morgan fingerprint density at radius 2 is 0.781 bits per heavy atom. The average molecular weight is 587 g/mol. The van der Waals surface area contributed by atoms with Gasteiger partial charge in [-0.2, -0.15) is 16.8 Å². The van der Waals surface area contributed by atoms with Crippen LogP contribution in [0.3, 0.4) is 0 Å². The Bertz CT molecular complexity index is 1280. The molecule has 0 aliphatic carbocycles. The van der Waals surface area contributed by atoms with Gasteiger partial charge in [0.1, 0.15) is 30.0 Å². The van der Waals surface area contributed by atoms with Crippen LogP contribution in [0.5, 0.6) is 0 Å². The fourth-order valence-corrected chi connectivity index (χ4v) is 6.19. The molecule has 0 spiro atoms. The van der Waals surface area contributed by atoms with Crippen molar-refractivity contribution in [2.75, 3.05) is 0 Å². The number of rotatable bonds is 5. The number of halogens is 2. The van der Waals surface area contributed by atoms with Gasteiger partial charge in [0.2, 0.25) is 0 Å². The van der Waals surface area contributed by atoms with Gasteiger partial charge in [0.05, 0.1) is 9.79 Å². The van der Waals surface area contributed by atoms with Gasteiger partial charge in [0.15, 0.2) is 0 Å². The van der Waals surface area contributed by atoms with Gasteiger partial charge in [-0.3, -0.25) is 9.11 Å². The maximum absolute atomic E-state index is 11.8. The van der Waals surface area contributed by atoms with Crippen LogP contribution in [-0.2, 0) is 40.5 Å². The van der Waals surface area contributed by atoms with Gasteiger partial charge in [-0.05, 0) is 24.3 Å². The molecule has 0 aromatic heterocycles. The molecular weight excluding hydrogens is 581 g/mol. The smallest absolute Gasteiger partial charge is 0.744 e. The molecule has 32 heavy (non-hydrogen) atoms. The van der Waals surface area contributed by atoms with E-state index in [-0.39, 0.29) is 59.1 Å². The molecule has 0 unspecified atom stereocenters. The van der Waals surface area contributed by atoms with Crippen LogP contribution in [0.25, 0.3) is 11.1 Å². The van der Waals surface area contributed by atoms with Crippen LogP contribution in [0.4, 0.5) is 0 Å². The summed E-state index contributed by atoms with van der Waals surface area (Å²) in [6.45, 7) is 0. The van der Waals surface area contributed by atoms with Crippen LogP contribution in [0.1, 0.15) is 0 Å². The van der Waals surface area contributed by atoms with E-state index >= 15 is 0 Å². The van der Waals surface area contributed by atoms with Gasteiger partial charge in [0.25, 0.3) is 20.2 Å². The zero-order valence-corrected chi connectivity index (χ0v) is 24.5. The van der Waals surface area contributed by atoms with Crippen molar-refractivity contribution in [1.29, 1.82) is 0 Å². The van der Waals surface area contributed by atoms with Crippen molar-refractivity contribution in [3.8, 4) is 11.1 Å². The summed E-state index contributed by atoms with van der Waals surface area (Å²) in [6.07, 6.45) is 0. The molecule has 2 N–H and O–H groups in total. The SMILES string of the molecule is O=S(=O)([O-])c1cc(Cl)cc(S(=O)(=O)O)c1-c1c(S(=O)(=O)[O-])cc(Cl)cc1S(=O)(=O)O.[Na+].[Na+]. The van der Waals surface area contributed by atoms with Crippen molar-refractivity contribution in [3.63, 3.8) is 0 Å². The predicted octanol–water partition coefficient (Wildman–Crippen LogP) is -5.03. The molecule has 20 heteroatoms. The minimum atomic E-state index is -5.74. The maximum atomic E-state index is 11.8. The maximum Gasteiger partial charge on any atom is 1.00 e. The summed E-state index contributed by atoms with van der Waals surface area (Å²) in [6, 6.07) is 1.34. The van der Waals surface area contributed by atoms with Crippen molar-refractivity contribution in [1.82, 2.24) is 0 Å². The first kappa shape index (κ1) is 32.7. The second-order valence-electron chi connectivity index (χ2n) is 5.41.